The first-order valence-corrected chi connectivity index (χ1v) is 4.45. The van der Waals surface area contributed by atoms with E-state index in [4.69, 9.17) is 5.21 Å². The predicted octanol–water partition coefficient (Wildman–Crippen LogP) is 1.47. The van der Waals surface area contributed by atoms with E-state index in [0.29, 0.717) is 5.71 Å². The van der Waals surface area contributed by atoms with Gasteiger partial charge in [-0.05, 0) is 24.6 Å². The molecule has 1 N–H and O–H groups in total. The summed E-state index contributed by atoms with van der Waals surface area (Å²) >= 11 is 0. The molecule has 0 spiro atoms. The molecule has 5 nitrogen and oxygen atoms in total. The third-order valence-electron chi connectivity index (χ3n) is 2.12. The highest BCUT2D eigenvalue weighted by molar-refractivity contribution is 5.98. The van der Waals surface area contributed by atoms with Gasteiger partial charge in [-0.1, -0.05) is 17.3 Å². The first-order chi connectivity index (χ1) is 7.31. The maximum atomic E-state index is 8.60. The fraction of sp³-hybridized carbons (Fsp3) is 0.100. The third kappa shape index (κ3) is 1.85. The number of rotatable bonds is 2. The topological polar surface area (TPSA) is 63.3 Å². The molecule has 0 bridgehead atoms. The van der Waals surface area contributed by atoms with Crippen LogP contribution in [0.3, 0.4) is 0 Å². The molecule has 0 radical (unpaired) electrons. The average Bonchev–Trinajstić information content (AvgIpc) is 2.82. The SMILES string of the molecule is C/C(=N/O)c1ccc(-n2cncn2)cc1. The zero-order valence-electron chi connectivity index (χ0n) is 8.20. The molecule has 0 aliphatic heterocycles. The fourth-order valence-electron chi connectivity index (χ4n) is 1.25. The van der Waals surface area contributed by atoms with Crippen LogP contribution in [0.25, 0.3) is 5.69 Å². The van der Waals surface area contributed by atoms with Gasteiger partial charge in [0, 0.05) is 0 Å². The van der Waals surface area contributed by atoms with Crippen molar-refractivity contribution in [1.29, 1.82) is 0 Å². The van der Waals surface area contributed by atoms with Gasteiger partial charge < -0.3 is 5.21 Å². The van der Waals surface area contributed by atoms with Crippen molar-refractivity contribution in [2.24, 2.45) is 5.16 Å². The van der Waals surface area contributed by atoms with Crippen LogP contribution in [0.4, 0.5) is 0 Å². The van der Waals surface area contributed by atoms with Crippen molar-refractivity contribution >= 4 is 5.71 Å². The molecule has 0 amide bonds. The molecule has 0 aliphatic carbocycles. The summed E-state index contributed by atoms with van der Waals surface area (Å²) in [5.41, 5.74) is 2.38. The molecule has 0 saturated heterocycles. The van der Waals surface area contributed by atoms with Crippen molar-refractivity contribution < 1.29 is 5.21 Å². The zero-order valence-corrected chi connectivity index (χ0v) is 8.20. The maximum absolute atomic E-state index is 8.60. The van der Waals surface area contributed by atoms with Crippen LogP contribution in [-0.4, -0.2) is 25.7 Å². The summed E-state index contributed by atoms with van der Waals surface area (Å²) in [4.78, 5) is 3.86. The Labute approximate surface area is 86.7 Å². The Bertz CT molecular complexity index is 459. The molecular weight excluding hydrogens is 192 g/mol. The minimum Gasteiger partial charge on any atom is -0.411 e. The third-order valence-corrected chi connectivity index (χ3v) is 2.12. The van der Waals surface area contributed by atoms with Gasteiger partial charge in [0.15, 0.2) is 0 Å². The van der Waals surface area contributed by atoms with Gasteiger partial charge in [-0.3, -0.25) is 0 Å². The van der Waals surface area contributed by atoms with E-state index in [1.807, 2.05) is 24.3 Å². The molecule has 0 atom stereocenters. The van der Waals surface area contributed by atoms with Gasteiger partial charge in [0.2, 0.25) is 0 Å². The lowest BCUT2D eigenvalue weighted by molar-refractivity contribution is 0.319. The molecule has 0 aliphatic rings. The summed E-state index contributed by atoms with van der Waals surface area (Å²) in [7, 11) is 0. The molecule has 0 unspecified atom stereocenters. The van der Waals surface area contributed by atoms with Gasteiger partial charge in [-0.15, -0.1) is 0 Å². The Morgan fingerprint density at radius 1 is 1.33 bits per heavy atom. The fourth-order valence-corrected chi connectivity index (χ4v) is 1.25. The van der Waals surface area contributed by atoms with E-state index < -0.39 is 0 Å². The largest absolute Gasteiger partial charge is 0.411 e. The van der Waals surface area contributed by atoms with E-state index in [1.165, 1.54) is 6.33 Å². The summed E-state index contributed by atoms with van der Waals surface area (Å²) in [6.07, 6.45) is 3.11. The van der Waals surface area contributed by atoms with Crippen LogP contribution in [0, 0.1) is 0 Å². The predicted molar refractivity (Wildman–Crippen MR) is 55.4 cm³/mol. The smallest absolute Gasteiger partial charge is 0.138 e. The van der Waals surface area contributed by atoms with Crippen molar-refractivity contribution in [1.82, 2.24) is 14.8 Å². The number of hydrogen-bond donors (Lipinski definition) is 1. The maximum Gasteiger partial charge on any atom is 0.138 e. The second-order valence-electron chi connectivity index (χ2n) is 3.07. The van der Waals surface area contributed by atoms with Crippen LogP contribution in [0.15, 0.2) is 42.1 Å². The lowest BCUT2D eigenvalue weighted by Crippen LogP contribution is -1.97. The Kier molecular flexibility index (Phi) is 2.45. The van der Waals surface area contributed by atoms with Crippen LogP contribution in [0.1, 0.15) is 12.5 Å². The molecular formula is C10H10N4O. The quantitative estimate of drug-likeness (QED) is 0.455. The molecule has 0 fully saturated rings. The number of hydrogen-bond acceptors (Lipinski definition) is 4. The lowest BCUT2D eigenvalue weighted by atomic mass is 10.1. The monoisotopic (exact) mass is 202 g/mol. The van der Waals surface area contributed by atoms with Crippen molar-refractivity contribution in [3.63, 3.8) is 0 Å². The van der Waals surface area contributed by atoms with Crippen molar-refractivity contribution in [3.8, 4) is 5.69 Å². The summed E-state index contributed by atoms with van der Waals surface area (Å²) < 4.78 is 1.66. The number of oxime groups is 1. The molecule has 76 valence electrons. The van der Waals surface area contributed by atoms with E-state index in [0.717, 1.165) is 11.3 Å². The lowest BCUT2D eigenvalue weighted by Gasteiger charge is -2.02. The highest BCUT2D eigenvalue weighted by Crippen LogP contribution is 2.08. The van der Waals surface area contributed by atoms with E-state index >= 15 is 0 Å². The van der Waals surface area contributed by atoms with Crippen LogP contribution in [-0.2, 0) is 0 Å². The Morgan fingerprint density at radius 3 is 2.60 bits per heavy atom. The number of nitrogens with zero attached hydrogens (tertiary/aromatic N) is 4. The van der Waals surface area contributed by atoms with Gasteiger partial charge in [0.05, 0.1) is 11.4 Å². The standard InChI is InChI=1S/C10H10N4O/c1-8(13-15)9-2-4-10(5-3-9)14-7-11-6-12-14/h2-7,15H,1H3/b13-8-. The van der Waals surface area contributed by atoms with Gasteiger partial charge >= 0.3 is 0 Å². The molecule has 15 heavy (non-hydrogen) atoms. The second-order valence-corrected chi connectivity index (χ2v) is 3.07. The van der Waals surface area contributed by atoms with Crippen molar-refractivity contribution in [2.75, 3.05) is 0 Å². The summed E-state index contributed by atoms with van der Waals surface area (Å²) in [5.74, 6) is 0. The van der Waals surface area contributed by atoms with Gasteiger partial charge in [0.1, 0.15) is 12.7 Å². The molecule has 5 heteroatoms. The molecule has 1 heterocycles. The van der Waals surface area contributed by atoms with Gasteiger partial charge in [-0.2, -0.15) is 5.10 Å². The molecule has 1 aromatic carbocycles. The van der Waals surface area contributed by atoms with E-state index in [9.17, 15) is 0 Å². The van der Waals surface area contributed by atoms with Gasteiger partial charge in [-0.25, -0.2) is 9.67 Å². The summed E-state index contributed by atoms with van der Waals surface area (Å²) in [5, 5.41) is 15.7. The van der Waals surface area contributed by atoms with Crippen LogP contribution in [0.2, 0.25) is 0 Å². The minimum atomic E-state index is 0.583. The average molecular weight is 202 g/mol. The molecule has 0 saturated carbocycles. The van der Waals surface area contributed by atoms with E-state index in [-0.39, 0.29) is 0 Å². The minimum absolute atomic E-state index is 0.583. The van der Waals surface area contributed by atoms with Crippen LogP contribution in [0.5, 0.6) is 0 Å². The molecule has 1 aromatic heterocycles. The van der Waals surface area contributed by atoms with Crippen LogP contribution < -0.4 is 0 Å². The summed E-state index contributed by atoms with van der Waals surface area (Å²) in [6.45, 7) is 1.74. The second kappa shape index (κ2) is 3.91. The first-order valence-electron chi connectivity index (χ1n) is 4.45. The molecule has 2 rings (SSSR count). The normalized spacial score (nSPS) is 11.7. The molecule has 2 aromatic rings. The van der Waals surface area contributed by atoms with Crippen molar-refractivity contribution in [3.05, 3.63) is 42.5 Å². The van der Waals surface area contributed by atoms with E-state index in [2.05, 4.69) is 15.2 Å². The Morgan fingerprint density at radius 2 is 2.07 bits per heavy atom. The van der Waals surface area contributed by atoms with Crippen molar-refractivity contribution in [2.45, 2.75) is 6.92 Å². The van der Waals surface area contributed by atoms with Crippen LogP contribution >= 0.6 is 0 Å². The highest BCUT2D eigenvalue weighted by Gasteiger charge is 1.99. The summed E-state index contributed by atoms with van der Waals surface area (Å²) in [6, 6.07) is 7.51. The number of aromatic nitrogens is 3. The van der Waals surface area contributed by atoms with Gasteiger partial charge in [0.25, 0.3) is 0 Å². The first kappa shape index (κ1) is 9.39. The zero-order chi connectivity index (χ0) is 10.7. The number of benzene rings is 1. The Balaban J connectivity index is 2.33. The Hall–Kier alpha value is -2.17. The van der Waals surface area contributed by atoms with E-state index in [1.54, 1.807) is 17.9 Å². The highest BCUT2D eigenvalue weighted by atomic mass is 16.4.